The summed E-state index contributed by atoms with van der Waals surface area (Å²) < 4.78 is 44.4. The molecule has 0 saturated carbocycles. The Kier molecular flexibility index (Phi) is 18.6. The van der Waals surface area contributed by atoms with Gasteiger partial charge in [-0.05, 0) is 44.9 Å². The molecule has 4 unspecified atom stereocenters. The second-order valence-corrected chi connectivity index (χ2v) is 14.2. The summed E-state index contributed by atoms with van der Waals surface area (Å²) in [7, 11) is 3.07. The van der Waals surface area contributed by atoms with E-state index in [1.807, 2.05) is 13.8 Å². The zero-order valence-corrected chi connectivity index (χ0v) is 32.8. The Balaban J connectivity index is 0.00000716. The normalized spacial score (nSPS) is 17.4. The van der Waals surface area contributed by atoms with Crippen molar-refractivity contribution >= 4 is 41.4 Å². The molecule has 1 heterocycles. The van der Waals surface area contributed by atoms with Crippen molar-refractivity contribution in [3.63, 3.8) is 0 Å². The van der Waals surface area contributed by atoms with Gasteiger partial charge in [0.1, 0.15) is 18.1 Å². The number of rotatable bonds is 15. The van der Waals surface area contributed by atoms with E-state index in [2.05, 4.69) is 26.0 Å². The molecule has 54 heavy (non-hydrogen) atoms. The fourth-order valence-electron chi connectivity index (χ4n) is 5.44. The summed E-state index contributed by atoms with van der Waals surface area (Å²) in [5.74, 6) is -6.07. The van der Waals surface area contributed by atoms with Crippen molar-refractivity contribution in [2.75, 3.05) is 27.2 Å². The van der Waals surface area contributed by atoms with Crippen LogP contribution in [-0.2, 0) is 33.5 Å². The molecule has 6 amide bonds. The lowest BCUT2D eigenvalue weighted by molar-refractivity contribution is -0.244. The minimum atomic E-state index is -4.87. The molecule has 0 aromatic heterocycles. The van der Waals surface area contributed by atoms with Crippen LogP contribution in [0.1, 0.15) is 74.7 Å². The predicted octanol–water partition coefficient (Wildman–Crippen LogP) is 3.18. The molecule has 1 saturated heterocycles. The Morgan fingerprint density at radius 1 is 0.889 bits per heavy atom. The molecule has 0 radical (unpaired) electrons. The molecule has 2 aliphatic rings. The number of alkyl carbamates (subject to hydrolysis) is 1. The number of hydrogen-bond donors (Lipinski definition) is 4. The van der Waals surface area contributed by atoms with Crippen LogP contribution in [0.5, 0.6) is 0 Å². The van der Waals surface area contributed by atoms with Crippen molar-refractivity contribution in [3.8, 4) is 0 Å². The largest absolute Gasteiger partial charge is 0.434 e. The molecular weight excluding hydrogens is 713 g/mol. The number of ether oxygens (including phenoxy) is 1. The summed E-state index contributed by atoms with van der Waals surface area (Å²) in [6, 6.07) is -4.77. The predicted molar refractivity (Wildman–Crippen MR) is 195 cm³/mol. The lowest BCUT2D eigenvalue weighted by Gasteiger charge is -2.32. The number of carbonyl (C=O) groups excluding carboxylic acids is 7. The third kappa shape index (κ3) is 13.9. The number of nitrogens with zero attached hydrogens (tertiary/aromatic N) is 2. The Morgan fingerprint density at radius 3 is 1.96 bits per heavy atom. The summed E-state index contributed by atoms with van der Waals surface area (Å²) >= 11 is 0. The van der Waals surface area contributed by atoms with Crippen molar-refractivity contribution in [2.45, 2.75) is 111 Å². The molecule has 0 bridgehead atoms. The van der Waals surface area contributed by atoms with Gasteiger partial charge in [0.25, 0.3) is 5.91 Å². The Labute approximate surface area is 315 Å². The first-order valence-corrected chi connectivity index (χ1v) is 18.1. The molecule has 14 nitrogen and oxygen atoms in total. The molecule has 4 N–H and O–H groups in total. The lowest BCUT2D eigenvalue weighted by atomic mass is 9.97. The Hall–Kier alpha value is -4.70. The van der Waals surface area contributed by atoms with Gasteiger partial charge in [0.2, 0.25) is 35.0 Å². The monoisotopic (exact) mass is 770 g/mol. The van der Waals surface area contributed by atoms with Gasteiger partial charge in [-0.3, -0.25) is 28.8 Å². The van der Waals surface area contributed by atoms with Gasteiger partial charge in [0, 0.05) is 26.6 Å². The molecule has 1 aliphatic carbocycles. The summed E-state index contributed by atoms with van der Waals surface area (Å²) in [6.07, 6.45) is 4.72. The minimum Gasteiger partial charge on any atom is -0.434 e. The van der Waals surface area contributed by atoms with E-state index >= 15 is 0 Å². The molecule has 1 aliphatic heterocycles. The van der Waals surface area contributed by atoms with Gasteiger partial charge in [-0.15, -0.1) is 0 Å². The van der Waals surface area contributed by atoms with Crippen LogP contribution < -0.4 is 21.3 Å². The Morgan fingerprint density at radius 2 is 1.46 bits per heavy atom. The smallest absolute Gasteiger partial charge is 0.427 e. The molecule has 0 spiro atoms. The highest BCUT2D eigenvalue weighted by Crippen LogP contribution is 2.33. The molecular formula is C37H57F3N6O8. The molecule has 2 rings (SSSR count). The second kappa shape index (κ2) is 21.3. The summed E-state index contributed by atoms with van der Waals surface area (Å²) in [4.78, 5) is 94.0. The van der Waals surface area contributed by atoms with E-state index in [-0.39, 0.29) is 25.3 Å². The maximum absolute atomic E-state index is 13.6. The van der Waals surface area contributed by atoms with Gasteiger partial charge in [-0.1, -0.05) is 78.0 Å². The molecule has 4 atom stereocenters. The summed E-state index contributed by atoms with van der Waals surface area (Å²) in [6.45, 7) is 11.4. The van der Waals surface area contributed by atoms with Gasteiger partial charge < -0.3 is 35.8 Å². The van der Waals surface area contributed by atoms with Crippen LogP contribution >= 0.6 is 0 Å². The molecule has 17 heteroatoms. The fraction of sp³-hybridized carbons (Fsp3) is 0.649. The van der Waals surface area contributed by atoms with Crippen LogP contribution in [0.2, 0.25) is 0 Å². The van der Waals surface area contributed by atoms with Crippen molar-refractivity contribution in [1.29, 1.82) is 0 Å². The van der Waals surface area contributed by atoms with E-state index in [1.165, 1.54) is 23.9 Å². The van der Waals surface area contributed by atoms with Gasteiger partial charge in [0.15, 0.2) is 0 Å². The molecule has 304 valence electrons. The maximum Gasteiger partial charge on any atom is 0.427 e. The number of allylic oxidation sites excluding steroid dienone is 4. The van der Waals surface area contributed by atoms with Crippen molar-refractivity contribution < 1.29 is 51.5 Å². The topological polar surface area (TPSA) is 183 Å². The number of halogens is 3. The average Bonchev–Trinajstić information content (AvgIpc) is 3.43. The van der Waals surface area contributed by atoms with Crippen LogP contribution in [0.25, 0.3) is 0 Å². The third-order valence-electron chi connectivity index (χ3n) is 8.46. The zero-order chi connectivity index (χ0) is 41.6. The van der Waals surface area contributed by atoms with Gasteiger partial charge >= 0.3 is 12.3 Å². The summed E-state index contributed by atoms with van der Waals surface area (Å²) in [5.41, 5.74) is -2.83. The SMILES string of the molecule is CC.CC(C)CC(NC(=O)C1CCCN1C(=O)C(NC(=O)OC(C)(C)C(F)(F)F)C(C)C)C(=O)C(=O)NCC(=O)NC(C(=O)N(C)C)C1C=CC=CC=C1. The standard InChI is InChI=1S/C35H51F3N6O8.C2H6/c1-20(2)18-23(28(46)30(48)39-19-25(45)41-27(31(49)43(7)8)22-14-11-9-10-12-15-22)40-29(47)24-16-13-17-44(24)32(50)26(21(3)4)42-33(51)52-34(5,6)35(36,37)38;1-2/h9-12,14-15,20-24,26-27H,13,16-19H2,1-8H3,(H,39,48)(H,40,47)(H,41,45)(H,42,51);1-2H3. The molecule has 0 aromatic rings. The minimum absolute atomic E-state index is 0.0374. The van der Waals surface area contributed by atoms with E-state index in [0.29, 0.717) is 20.3 Å². The number of likely N-dealkylation sites (tertiary alicyclic amines) is 1. The van der Waals surface area contributed by atoms with E-state index in [4.69, 9.17) is 0 Å². The fourth-order valence-corrected chi connectivity index (χ4v) is 5.44. The number of Topliss-reactive ketones (excluding diaryl/α,β-unsaturated/α-hetero) is 1. The molecule has 1 fully saturated rings. The van der Waals surface area contributed by atoms with Gasteiger partial charge in [-0.2, -0.15) is 13.2 Å². The second-order valence-electron chi connectivity index (χ2n) is 14.2. The number of nitrogens with one attached hydrogen (secondary N) is 4. The van der Waals surface area contributed by atoms with Gasteiger partial charge in [-0.25, -0.2) is 4.79 Å². The maximum atomic E-state index is 13.6. The van der Waals surface area contributed by atoms with Crippen LogP contribution in [0.3, 0.4) is 0 Å². The summed E-state index contributed by atoms with van der Waals surface area (Å²) in [5, 5.41) is 9.61. The van der Waals surface area contributed by atoms with E-state index in [1.54, 1.807) is 64.2 Å². The first kappa shape index (κ1) is 47.3. The highest BCUT2D eigenvalue weighted by molar-refractivity contribution is 6.38. The highest BCUT2D eigenvalue weighted by Gasteiger charge is 2.51. The third-order valence-corrected chi connectivity index (χ3v) is 8.46. The zero-order valence-electron chi connectivity index (χ0n) is 32.8. The van der Waals surface area contributed by atoms with Gasteiger partial charge in [0.05, 0.1) is 12.6 Å². The first-order valence-electron chi connectivity index (χ1n) is 18.1. The van der Waals surface area contributed by atoms with Crippen LogP contribution in [-0.4, -0.2) is 114 Å². The van der Waals surface area contributed by atoms with E-state index in [0.717, 1.165) is 0 Å². The average molecular weight is 771 g/mol. The van der Waals surface area contributed by atoms with Crippen LogP contribution in [0.15, 0.2) is 36.5 Å². The number of amides is 6. The lowest BCUT2D eigenvalue weighted by Crippen LogP contribution is -2.58. The van der Waals surface area contributed by atoms with Crippen molar-refractivity contribution in [1.82, 2.24) is 31.1 Å². The quantitative estimate of drug-likeness (QED) is 0.183. The number of likely N-dealkylation sites (N-methyl/N-ethyl adjacent to an activating group) is 1. The van der Waals surface area contributed by atoms with Crippen molar-refractivity contribution in [2.24, 2.45) is 17.8 Å². The number of carbonyl (C=O) groups is 7. The van der Waals surface area contributed by atoms with E-state index < -0.39 is 95.7 Å². The van der Waals surface area contributed by atoms with Crippen LogP contribution in [0.4, 0.5) is 18.0 Å². The number of alkyl halides is 3. The van der Waals surface area contributed by atoms with Crippen LogP contribution in [0, 0.1) is 17.8 Å². The van der Waals surface area contributed by atoms with E-state index in [9.17, 15) is 46.7 Å². The van der Waals surface area contributed by atoms with Crippen molar-refractivity contribution in [3.05, 3.63) is 36.5 Å². The number of ketones is 1. The first-order chi connectivity index (χ1) is 25.1. The number of hydrogen-bond acceptors (Lipinski definition) is 8. The Bertz CT molecular complexity index is 1420. The molecule has 0 aromatic carbocycles. The highest BCUT2D eigenvalue weighted by atomic mass is 19.4.